The van der Waals surface area contributed by atoms with Gasteiger partial charge in [0.2, 0.25) is 0 Å². The third kappa shape index (κ3) is 3.35. The summed E-state index contributed by atoms with van der Waals surface area (Å²) in [5.41, 5.74) is 3.33. The number of rotatable bonds is 3. The van der Waals surface area contributed by atoms with Gasteiger partial charge in [-0.1, -0.05) is 29.3 Å². The third-order valence-electron chi connectivity index (χ3n) is 2.51. The predicted molar refractivity (Wildman–Crippen MR) is 72.8 cm³/mol. The average molecular weight is 267 g/mol. The third-order valence-corrected chi connectivity index (χ3v) is 2.97. The number of nitrogens with zero attached hydrogens (tertiary/aromatic N) is 1. The van der Waals surface area contributed by atoms with Crippen molar-refractivity contribution in [1.82, 2.24) is 4.98 Å². The second-order valence-corrected chi connectivity index (χ2v) is 4.62. The van der Waals surface area contributed by atoms with Crippen LogP contribution < -0.4 is 5.32 Å². The monoisotopic (exact) mass is 266 g/mol. The summed E-state index contributed by atoms with van der Waals surface area (Å²) in [5.74, 6) is 0. The van der Waals surface area contributed by atoms with Gasteiger partial charge in [0.1, 0.15) is 5.15 Å². The molecule has 2 nitrogen and oxygen atoms in total. The molecule has 2 aromatic rings. The lowest BCUT2D eigenvalue weighted by Gasteiger charge is -2.09. The Morgan fingerprint density at radius 1 is 1.18 bits per heavy atom. The summed E-state index contributed by atoms with van der Waals surface area (Å²) in [6, 6.07) is 9.54. The number of nitrogens with one attached hydrogen (secondary N) is 1. The Hall–Kier alpha value is -1.25. The summed E-state index contributed by atoms with van der Waals surface area (Å²) in [4.78, 5) is 4.01. The number of hydrogen-bond acceptors (Lipinski definition) is 2. The summed E-state index contributed by atoms with van der Waals surface area (Å²) in [6.07, 6.45) is 1.72. The molecule has 1 heterocycles. The number of halogens is 2. The molecule has 0 saturated carbocycles. The molecular weight excluding hydrogens is 255 g/mol. The molecule has 0 aliphatic carbocycles. The van der Waals surface area contributed by atoms with E-state index in [4.69, 9.17) is 23.2 Å². The highest BCUT2D eigenvalue weighted by atomic mass is 35.5. The second-order valence-electron chi connectivity index (χ2n) is 3.79. The fraction of sp³-hybridized carbons (Fsp3) is 0.154. The van der Waals surface area contributed by atoms with Gasteiger partial charge in [-0.2, -0.15) is 0 Å². The zero-order valence-corrected chi connectivity index (χ0v) is 10.9. The van der Waals surface area contributed by atoms with Crippen LogP contribution in [0.2, 0.25) is 10.2 Å². The van der Waals surface area contributed by atoms with Gasteiger partial charge in [0.25, 0.3) is 0 Å². The van der Waals surface area contributed by atoms with Gasteiger partial charge in [-0.05, 0) is 42.3 Å². The number of aromatic nitrogens is 1. The smallest absolute Gasteiger partial charge is 0.129 e. The van der Waals surface area contributed by atoms with Gasteiger partial charge in [-0.25, -0.2) is 4.98 Å². The molecule has 17 heavy (non-hydrogen) atoms. The highest BCUT2D eigenvalue weighted by molar-refractivity contribution is 6.30. The highest BCUT2D eigenvalue weighted by Crippen LogP contribution is 2.17. The van der Waals surface area contributed by atoms with Crippen LogP contribution in [0.3, 0.4) is 0 Å². The Kier molecular flexibility index (Phi) is 3.87. The maximum absolute atomic E-state index is 5.91. The van der Waals surface area contributed by atoms with Crippen LogP contribution in [0.25, 0.3) is 0 Å². The van der Waals surface area contributed by atoms with Crippen molar-refractivity contribution < 1.29 is 0 Å². The van der Waals surface area contributed by atoms with Gasteiger partial charge in [0.15, 0.2) is 0 Å². The van der Waals surface area contributed by atoms with Crippen LogP contribution >= 0.6 is 23.2 Å². The van der Waals surface area contributed by atoms with E-state index in [2.05, 4.69) is 10.3 Å². The van der Waals surface area contributed by atoms with Crippen molar-refractivity contribution >= 4 is 28.9 Å². The number of benzene rings is 1. The Bertz CT molecular complexity index is 509. The quantitative estimate of drug-likeness (QED) is 0.838. The summed E-state index contributed by atoms with van der Waals surface area (Å²) >= 11 is 11.6. The molecule has 1 aromatic heterocycles. The van der Waals surface area contributed by atoms with Gasteiger partial charge >= 0.3 is 0 Å². The van der Waals surface area contributed by atoms with E-state index in [1.165, 1.54) is 11.1 Å². The average Bonchev–Trinajstić information content (AvgIpc) is 2.30. The van der Waals surface area contributed by atoms with Crippen LogP contribution in [0.15, 0.2) is 36.5 Å². The maximum Gasteiger partial charge on any atom is 0.129 e. The van der Waals surface area contributed by atoms with Crippen molar-refractivity contribution in [3.63, 3.8) is 0 Å². The molecule has 0 unspecified atom stereocenters. The number of aryl methyl sites for hydroxylation is 1. The van der Waals surface area contributed by atoms with Crippen molar-refractivity contribution in [3.05, 3.63) is 57.8 Å². The molecule has 0 amide bonds. The first kappa shape index (κ1) is 12.2. The Morgan fingerprint density at radius 2 is 2.00 bits per heavy atom. The van der Waals surface area contributed by atoms with Crippen molar-refractivity contribution in [2.45, 2.75) is 13.5 Å². The zero-order valence-electron chi connectivity index (χ0n) is 9.37. The van der Waals surface area contributed by atoms with Crippen LogP contribution in [0, 0.1) is 6.92 Å². The van der Waals surface area contributed by atoms with Gasteiger partial charge in [-0.15, -0.1) is 0 Å². The molecule has 1 N–H and O–H groups in total. The molecule has 0 bridgehead atoms. The van der Waals surface area contributed by atoms with Crippen LogP contribution in [-0.2, 0) is 6.54 Å². The lowest BCUT2D eigenvalue weighted by atomic mass is 10.1. The fourth-order valence-electron chi connectivity index (χ4n) is 1.54. The molecule has 0 aliphatic heterocycles. The van der Waals surface area contributed by atoms with Gasteiger partial charge in [0, 0.05) is 11.6 Å². The van der Waals surface area contributed by atoms with Crippen molar-refractivity contribution in [2.75, 3.05) is 5.32 Å². The first-order valence-corrected chi connectivity index (χ1v) is 6.01. The van der Waals surface area contributed by atoms with Gasteiger partial charge < -0.3 is 5.32 Å². The first-order valence-electron chi connectivity index (χ1n) is 5.25. The van der Waals surface area contributed by atoms with E-state index in [-0.39, 0.29) is 0 Å². The molecule has 0 atom stereocenters. The van der Waals surface area contributed by atoms with Crippen LogP contribution in [0.4, 0.5) is 5.69 Å². The first-order chi connectivity index (χ1) is 8.15. The maximum atomic E-state index is 5.91. The molecule has 0 aliphatic rings. The van der Waals surface area contributed by atoms with Crippen molar-refractivity contribution in [2.24, 2.45) is 0 Å². The van der Waals surface area contributed by atoms with E-state index in [1.807, 2.05) is 31.2 Å². The molecule has 1 aromatic carbocycles. The minimum atomic E-state index is 0.498. The van der Waals surface area contributed by atoms with E-state index >= 15 is 0 Å². The van der Waals surface area contributed by atoms with E-state index in [0.29, 0.717) is 5.15 Å². The molecule has 0 fully saturated rings. The Balaban J connectivity index is 2.04. The number of pyridine rings is 1. The SMILES string of the molecule is Cc1cc(Cl)ccc1CNc1ccc(Cl)nc1. The van der Waals surface area contributed by atoms with Crippen LogP contribution in [0.5, 0.6) is 0 Å². The molecule has 4 heteroatoms. The molecule has 88 valence electrons. The second kappa shape index (κ2) is 5.39. The summed E-state index contributed by atoms with van der Waals surface area (Å²) < 4.78 is 0. The zero-order chi connectivity index (χ0) is 12.3. The highest BCUT2D eigenvalue weighted by Gasteiger charge is 1.99. The Morgan fingerprint density at radius 3 is 2.65 bits per heavy atom. The predicted octanol–water partition coefficient (Wildman–Crippen LogP) is 4.31. The molecule has 0 spiro atoms. The van der Waals surface area contributed by atoms with E-state index in [9.17, 15) is 0 Å². The summed E-state index contributed by atoms with van der Waals surface area (Å²) in [5, 5.41) is 4.55. The minimum absolute atomic E-state index is 0.498. The number of hydrogen-bond donors (Lipinski definition) is 1. The topological polar surface area (TPSA) is 24.9 Å². The van der Waals surface area contributed by atoms with Crippen LogP contribution in [-0.4, -0.2) is 4.98 Å². The lowest BCUT2D eigenvalue weighted by molar-refractivity contribution is 1.11. The van der Waals surface area contributed by atoms with Gasteiger partial charge in [-0.3, -0.25) is 0 Å². The van der Waals surface area contributed by atoms with E-state index < -0.39 is 0 Å². The van der Waals surface area contributed by atoms with Crippen LogP contribution in [0.1, 0.15) is 11.1 Å². The summed E-state index contributed by atoms with van der Waals surface area (Å²) in [7, 11) is 0. The Labute approximate surface area is 111 Å². The van der Waals surface area contributed by atoms with Crippen molar-refractivity contribution in [1.29, 1.82) is 0 Å². The summed E-state index contributed by atoms with van der Waals surface area (Å²) in [6.45, 7) is 2.79. The molecule has 0 radical (unpaired) electrons. The molecule has 2 rings (SSSR count). The van der Waals surface area contributed by atoms with Gasteiger partial charge in [0.05, 0.1) is 11.9 Å². The minimum Gasteiger partial charge on any atom is -0.380 e. The standard InChI is InChI=1S/C13H12Cl2N2/c1-9-6-11(14)3-2-10(9)7-16-12-4-5-13(15)17-8-12/h2-6,8,16H,7H2,1H3. The van der Waals surface area contributed by atoms with Crippen molar-refractivity contribution in [3.8, 4) is 0 Å². The van der Waals surface area contributed by atoms with E-state index in [1.54, 1.807) is 12.3 Å². The lowest BCUT2D eigenvalue weighted by Crippen LogP contribution is -2.01. The number of anilines is 1. The molecule has 0 saturated heterocycles. The largest absolute Gasteiger partial charge is 0.380 e. The van der Waals surface area contributed by atoms with E-state index in [0.717, 1.165) is 17.3 Å². The molecular formula is C13H12Cl2N2. The fourth-order valence-corrected chi connectivity index (χ4v) is 1.87. The normalized spacial score (nSPS) is 10.3.